The van der Waals surface area contributed by atoms with Crippen LogP contribution < -0.4 is 0 Å². The van der Waals surface area contributed by atoms with Crippen molar-refractivity contribution in [2.75, 3.05) is 13.7 Å². The number of allylic oxidation sites excluding steroid dienone is 1. The minimum absolute atomic E-state index is 0.150. The van der Waals surface area contributed by atoms with E-state index in [0.717, 1.165) is 29.6 Å². The number of hydrogen-bond acceptors (Lipinski definition) is 7. The average molecular weight is 457 g/mol. The summed E-state index contributed by atoms with van der Waals surface area (Å²) in [6.07, 6.45) is 5.24. The SMILES string of the molecule is CCC/C(=C\c1ccc(CO)o1)CC[C@H]1OB(O)C[C@H]2C1=C(CO)C[C@H]1C(=O)N(C)C(=O)[C@H]12. The van der Waals surface area contributed by atoms with E-state index in [1.165, 1.54) is 11.9 Å². The Kier molecular flexibility index (Phi) is 7.23. The molecule has 1 aromatic heterocycles. The number of carbonyl (C=O) groups is 2. The third kappa shape index (κ3) is 4.60. The Morgan fingerprint density at radius 3 is 2.64 bits per heavy atom. The Morgan fingerprint density at radius 1 is 1.18 bits per heavy atom. The quantitative estimate of drug-likeness (QED) is 0.311. The van der Waals surface area contributed by atoms with E-state index in [1.807, 2.05) is 12.1 Å². The topological polar surface area (TPSA) is 120 Å². The van der Waals surface area contributed by atoms with Crippen LogP contribution >= 0.6 is 0 Å². The average Bonchev–Trinajstić information content (AvgIpc) is 3.35. The molecule has 178 valence electrons. The summed E-state index contributed by atoms with van der Waals surface area (Å²) < 4.78 is 11.5. The molecule has 2 saturated heterocycles. The van der Waals surface area contributed by atoms with Crippen LogP contribution in [0.15, 0.2) is 33.3 Å². The van der Waals surface area contributed by atoms with Gasteiger partial charge in [0.2, 0.25) is 11.8 Å². The smallest absolute Gasteiger partial charge is 0.455 e. The zero-order valence-electron chi connectivity index (χ0n) is 19.2. The second kappa shape index (κ2) is 9.97. The molecular formula is C24H32BNO7. The van der Waals surface area contributed by atoms with E-state index in [0.29, 0.717) is 30.8 Å². The molecule has 2 fully saturated rings. The van der Waals surface area contributed by atoms with Crippen LogP contribution in [0.4, 0.5) is 0 Å². The summed E-state index contributed by atoms with van der Waals surface area (Å²) in [7, 11) is 0.486. The van der Waals surface area contributed by atoms with Gasteiger partial charge in [0, 0.05) is 7.05 Å². The number of hydrogen-bond donors (Lipinski definition) is 3. The lowest BCUT2D eigenvalue weighted by Crippen LogP contribution is -2.46. The molecule has 0 unspecified atom stereocenters. The Balaban J connectivity index is 1.58. The molecule has 4 rings (SSSR count). The van der Waals surface area contributed by atoms with E-state index in [2.05, 4.69) is 6.92 Å². The van der Waals surface area contributed by atoms with Gasteiger partial charge in [0.1, 0.15) is 18.1 Å². The Labute approximate surface area is 194 Å². The number of nitrogens with zero attached hydrogens (tertiary/aromatic N) is 1. The fourth-order valence-corrected chi connectivity index (χ4v) is 5.73. The van der Waals surface area contributed by atoms with E-state index < -0.39 is 25.1 Å². The molecule has 3 heterocycles. The van der Waals surface area contributed by atoms with Gasteiger partial charge >= 0.3 is 7.12 Å². The van der Waals surface area contributed by atoms with Gasteiger partial charge in [-0.3, -0.25) is 14.5 Å². The van der Waals surface area contributed by atoms with Crippen molar-refractivity contribution in [1.29, 1.82) is 0 Å². The first-order valence-corrected chi connectivity index (χ1v) is 11.7. The van der Waals surface area contributed by atoms with Crippen molar-refractivity contribution in [3.63, 3.8) is 0 Å². The maximum atomic E-state index is 12.9. The fraction of sp³-hybridized carbons (Fsp3) is 0.583. The van der Waals surface area contributed by atoms with Crippen LogP contribution in [0.5, 0.6) is 0 Å². The molecule has 3 aliphatic rings. The van der Waals surface area contributed by atoms with Crippen molar-refractivity contribution in [3.05, 3.63) is 40.4 Å². The number of furan rings is 1. The van der Waals surface area contributed by atoms with Crippen molar-refractivity contribution in [3.8, 4) is 0 Å². The summed E-state index contributed by atoms with van der Waals surface area (Å²) in [5, 5.41) is 29.8. The van der Waals surface area contributed by atoms with Crippen LogP contribution in [0.1, 0.15) is 50.5 Å². The summed E-state index contributed by atoms with van der Waals surface area (Å²) in [4.78, 5) is 26.7. The molecule has 4 atom stereocenters. The number of amides is 2. The van der Waals surface area contributed by atoms with Crippen LogP contribution in [-0.2, 0) is 20.9 Å². The van der Waals surface area contributed by atoms with Gasteiger partial charge in [-0.2, -0.15) is 0 Å². The highest BCUT2D eigenvalue weighted by Gasteiger charge is 2.56. The second-order valence-corrected chi connectivity index (χ2v) is 9.26. The van der Waals surface area contributed by atoms with E-state index in [4.69, 9.17) is 9.07 Å². The largest absolute Gasteiger partial charge is 0.459 e. The molecule has 1 aliphatic carbocycles. The highest BCUT2D eigenvalue weighted by atomic mass is 16.5. The van der Waals surface area contributed by atoms with Gasteiger partial charge < -0.3 is 24.3 Å². The normalized spacial score (nSPS) is 28.0. The lowest BCUT2D eigenvalue weighted by Gasteiger charge is -2.43. The third-order valence-corrected chi connectivity index (χ3v) is 7.20. The van der Waals surface area contributed by atoms with Crippen LogP contribution in [0.25, 0.3) is 6.08 Å². The lowest BCUT2D eigenvalue weighted by molar-refractivity contribution is -0.138. The highest BCUT2D eigenvalue weighted by molar-refractivity contribution is 6.43. The summed E-state index contributed by atoms with van der Waals surface area (Å²) in [5.41, 5.74) is 2.80. The van der Waals surface area contributed by atoms with Crippen LogP contribution in [0.2, 0.25) is 6.32 Å². The second-order valence-electron chi connectivity index (χ2n) is 9.26. The zero-order valence-corrected chi connectivity index (χ0v) is 19.2. The van der Waals surface area contributed by atoms with Crippen molar-refractivity contribution in [2.45, 2.75) is 58.1 Å². The summed E-state index contributed by atoms with van der Waals surface area (Å²) in [6, 6.07) is 3.57. The maximum Gasteiger partial charge on any atom is 0.455 e. The standard InChI is InChI=1S/C24H32BNO7/c1-3-4-14(9-16-6-7-17(13-28)32-16)5-8-20-21-15(12-27)10-18-22(19(21)11-25(31)33-20)24(30)26(2)23(18)29/h6-7,9,18-20,22,27-28,31H,3-5,8,10-13H2,1-2H3/b14-9+/t18-,19+,20-,22-/m1/s1. The Hall–Kier alpha value is -2.20. The predicted octanol–water partition coefficient (Wildman–Crippen LogP) is 2.15. The number of likely N-dealkylation sites (tertiary alicyclic amines) is 1. The number of rotatable bonds is 8. The van der Waals surface area contributed by atoms with Gasteiger partial charge in [-0.15, -0.1) is 0 Å². The molecule has 2 aliphatic heterocycles. The lowest BCUT2D eigenvalue weighted by atomic mass is 9.58. The van der Waals surface area contributed by atoms with Gasteiger partial charge in [-0.25, -0.2) is 0 Å². The first-order chi connectivity index (χ1) is 15.9. The first kappa shape index (κ1) is 23.9. The number of aliphatic hydroxyl groups excluding tert-OH is 2. The number of aliphatic hydroxyl groups is 2. The maximum absolute atomic E-state index is 12.9. The molecule has 2 amide bonds. The molecule has 0 spiro atoms. The Morgan fingerprint density at radius 2 is 1.97 bits per heavy atom. The van der Waals surface area contributed by atoms with Gasteiger partial charge in [0.15, 0.2) is 0 Å². The highest BCUT2D eigenvalue weighted by Crippen LogP contribution is 2.50. The molecule has 0 aromatic carbocycles. The van der Waals surface area contributed by atoms with Crippen molar-refractivity contribution < 1.29 is 33.9 Å². The van der Waals surface area contributed by atoms with Gasteiger partial charge in [-0.1, -0.05) is 18.9 Å². The zero-order chi connectivity index (χ0) is 23.7. The summed E-state index contributed by atoms with van der Waals surface area (Å²) >= 11 is 0. The number of carbonyl (C=O) groups excluding carboxylic acids is 2. The molecule has 9 heteroatoms. The van der Waals surface area contributed by atoms with E-state index in [9.17, 15) is 24.8 Å². The van der Waals surface area contributed by atoms with E-state index in [-0.39, 0.29) is 37.3 Å². The van der Waals surface area contributed by atoms with Crippen LogP contribution in [0.3, 0.4) is 0 Å². The molecular weight excluding hydrogens is 425 g/mol. The van der Waals surface area contributed by atoms with Crippen LogP contribution in [0, 0.1) is 17.8 Å². The molecule has 0 bridgehead atoms. The van der Waals surface area contributed by atoms with E-state index in [1.54, 1.807) is 6.07 Å². The number of imide groups is 1. The molecule has 33 heavy (non-hydrogen) atoms. The fourth-order valence-electron chi connectivity index (χ4n) is 5.73. The minimum Gasteiger partial charge on any atom is -0.459 e. The molecule has 3 N–H and O–H groups in total. The van der Waals surface area contributed by atoms with Gasteiger partial charge in [-0.05, 0) is 67.3 Å². The summed E-state index contributed by atoms with van der Waals surface area (Å²) in [5.74, 6) is -0.508. The minimum atomic E-state index is -1.02. The van der Waals surface area contributed by atoms with Crippen molar-refractivity contribution in [2.24, 2.45) is 17.8 Å². The first-order valence-electron chi connectivity index (χ1n) is 11.7. The van der Waals surface area contributed by atoms with Gasteiger partial charge in [0.25, 0.3) is 0 Å². The van der Waals surface area contributed by atoms with Crippen molar-refractivity contribution >= 4 is 25.0 Å². The van der Waals surface area contributed by atoms with Crippen molar-refractivity contribution in [1.82, 2.24) is 4.90 Å². The third-order valence-electron chi connectivity index (χ3n) is 7.20. The molecule has 0 saturated carbocycles. The molecule has 1 aromatic rings. The monoisotopic (exact) mass is 457 g/mol. The molecule has 8 nitrogen and oxygen atoms in total. The van der Waals surface area contributed by atoms with Gasteiger partial charge in [0.05, 0.1) is 24.5 Å². The number of fused-ring (bicyclic) bond motifs is 3. The Bertz CT molecular complexity index is 968. The summed E-state index contributed by atoms with van der Waals surface area (Å²) in [6.45, 7) is 1.76. The van der Waals surface area contributed by atoms with Crippen LogP contribution in [-0.4, -0.2) is 58.8 Å². The molecule has 0 radical (unpaired) electrons. The van der Waals surface area contributed by atoms with E-state index >= 15 is 0 Å². The predicted molar refractivity (Wildman–Crippen MR) is 121 cm³/mol.